The van der Waals surface area contributed by atoms with Gasteiger partial charge in [-0.15, -0.1) is 0 Å². The van der Waals surface area contributed by atoms with Crippen LogP contribution in [0.15, 0.2) is 60.7 Å². The van der Waals surface area contributed by atoms with E-state index in [1.54, 1.807) is 0 Å². The molecular weight excluding hydrogens is 402 g/mol. The van der Waals surface area contributed by atoms with Gasteiger partial charge in [-0.05, 0) is 66.3 Å². The molecule has 3 aromatic carbocycles. The topological polar surface area (TPSA) is 87.3 Å². The summed E-state index contributed by atoms with van der Waals surface area (Å²) in [6.45, 7) is 0.346. The zero-order chi connectivity index (χ0) is 22.1. The van der Waals surface area contributed by atoms with Gasteiger partial charge in [0.25, 0.3) is 5.91 Å². The van der Waals surface area contributed by atoms with E-state index < -0.39 is 0 Å². The van der Waals surface area contributed by atoms with Crippen molar-refractivity contribution in [1.29, 1.82) is 0 Å². The third-order valence-electron chi connectivity index (χ3n) is 5.96. The molecule has 0 atom stereocenters. The Bertz CT molecular complexity index is 1190. The summed E-state index contributed by atoms with van der Waals surface area (Å²) < 4.78 is 0. The Kier molecular flexibility index (Phi) is 5.35. The van der Waals surface area contributed by atoms with E-state index in [0.717, 1.165) is 47.7 Å². The van der Waals surface area contributed by atoms with Crippen LogP contribution in [0.25, 0.3) is 10.8 Å². The first kappa shape index (κ1) is 20.2. The smallest absolute Gasteiger partial charge is 0.253 e. The maximum atomic E-state index is 13.0. The second-order valence-corrected chi connectivity index (χ2v) is 8.65. The van der Waals surface area contributed by atoms with Gasteiger partial charge in [-0.1, -0.05) is 36.4 Å². The summed E-state index contributed by atoms with van der Waals surface area (Å²) in [5, 5.41) is 10.7. The molecule has 3 N–H and O–H groups in total. The lowest BCUT2D eigenvalue weighted by Crippen LogP contribution is -2.25. The SMILES string of the molecule is O=C(NCc1ccc(NC(=O)C2CC2)cc1)c1cc2ccccc2cc1NC(=O)C1CC1. The molecule has 2 saturated carbocycles. The molecule has 0 unspecified atom stereocenters. The molecule has 0 saturated heterocycles. The minimum Gasteiger partial charge on any atom is -0.348 e. The number of nitrogens with one attached hydrogen (secondary N) is 3. The number of carbonyl (C=O) groups is 3. The van der Waals surface area contributed by atoms with Crippen molar-refractivity contribution in [3.05, 3.63) is 71.8 Å². The van der Waals surface area contributed by atoms with Crippen LogP contribution in [-0.2, 0) is 16.1 Å². The van der Waals surface area contributed by atoms with Crippen molar-refractivity contribution < 1.29 is 14.4 Å². The van der Waals surface area contributed by atoms with Crippen LogP contribution in [0.1, 0.15) is 41.6 Å². The van der Waals surface area contributed by atoms with Crippen molar-refractivity contribution in [3.63, 3.8) is 0 Å². The van der Waals surface area contributed by atoms with Gasteiger partial charge in [-0.2, -0.15) is 0 Å². The van der Waals surface area contributed by atoms with Crippen LogP contribution in [0.4, 0.5) is 11.4 Å². The molecule has 162 valence electrons. The minimum atomic E-state index is -0.243. The molecule has 5 rings (SSSR count). The van der Waals surface area contributed by atoms with E-state index in [9.17, 15) is 14.4 Å². The summed E-state index contributed by atoms with van der Waals surface area (Å²) >= 11 is 0. The van der Waals surface area contributed by atoms with Gasteiger partial charge in [0, 0.05) is 24.1 Å². The number of fused-ring (bicyclic) bond motifs is 1. The summed E-state index contributed by atoms with van der Waals surface area (Å²) in [7, 11) is 0. The summed E-state index contributed by atoms with van der Waals surface area (Å²) in [6, 6.07) is 18.9. The molecule has 0 radical (unpaired) electrons. The first-order chi connectivity index (χ1) is 15.6. The van der Waals surface area contributed by atoms with Crippen LogP contribution in [-0.4, -0.2) is 17.7 Å². The van der Waals surface area contributed by atoms with E-state index >= 15 is 0 Å². The summed E-state index contributed by atoms with van der Waals surface area (Å²) in [5.74, 6) is 0.0103. The number of hydrogen-bond donors (Lipinski definition) is 3. The van der Waals surface area contributed by atoms with Gasteiger partial charge in [0.05, 0.1) is 11.3 Å². The number of amides is 3. The highest BCUT2D eigenvalue weighted by Crippen LogP contribution is 2.32. The standard InChI is InChI=1S/C26H25N3O3/c30-24(17-7-8-17)28-21-11-5-16(6-12-21)15-27-26(32)22-13-19-3-1-2-4-20(19)14-23(22)29-25(31)18-9-10-18/h1-6,11-14,17-18H,7-10,15H2,(H,27,32)(H,28,30)(H,29,31). The van der Waals surface area contributed by atoms with Gasteiger partial charge in [-0.25, -0.2) is 0 Å². The normalized spacial score (nSPS) is 15.2. The van der Waals surface area contributed by atoms with Crippen molar-refractivity contribution in [2.75, 3.05) is 10.6 Å². The van der Waals surface area contributed by atoms with Crippen molar-refractivity contribution >= 4 is 39.9 Å². The van der Waals surface area contributed by atoms with Crippen LogP contribution in [0, 0.1) is 11.8 Å². The number of hydrogen-bond acceptors (Lipinski definition) is 3. The molecule has 3 aromatic rings. The maximum absolute atomic E-state index is 13.0. The van der Waals surface area contributed by atoms with E-state index in [2.05, 4.69) is 16.0 Å². The minimum absolute atomic E-state index is 0.0295. The first-order valence-corrected chi connectivity index (χ1v) is 11.1. The Morgan fingerprint density at radius 3 is 1.97 bits per heavy atom. The fraction of sp³-hybridized carbons (Fsp3) is 0.269. The average molecular weight is 428 g/mol. The molecule has 2 fully saturated rings. The maximum Gasteiger partial charge on any atom is 0.253 e. The van der Waals surface area contributed by atoms with Gasteiger partial charge < -0.3 is 16.0 Å². The van der Waals surface area contributed by atoms with Gasteiger partial charge in [-0.3, -0.25) is 14.4 Å². The highest BCUT2D eigenvalue weighted by Gasteiger charge is 2.31. The lowest BCUT2D eigenvalue weighted by Gasteiger charge is -2.13. The molecule has 0 aliphatic heterocycles. The Hall–Kier alpha value is -3.67. The lowest BCUT2D eigenvalue weighted by molar-refractivity contribution is -0.118. The van der Waals surface area contributed by atoms with Gasteiger partial charge in [0.2, 0.25) is 11.8 Å². The predicted octanol–water partition coefficient (Wildman–Crippen LogP) is 4.47. The highest BCUT2D eigenvalue weighted by atomic mass is 16.2. The molecule has 6 nitrogen and oxygen atoms in total. The van der Waals surface area contributed by atoms with Crippen molar-refractivity contribution in [1.82, 2.24) is 5.32 Å². The third-order valence-corrected chi connectivity index (χ3v) is 5.96. The molecule has 0 spiro atoms. The largest absolute Gasteiger partial charge is 0.348 e. The molecular formula is C26H25N3O3. The van der Waals surface area contributed by atoms with Crippen molar-refractivity contribution in [2.45, 2.75) is 32.2 Å². The van der Waals surface area contributed by atoms with Gasteiger partial charge >= 0.3 is 0 Å². The number of benzene rings is 3. The summed E-state index contributed by atoms with van der Waals surface area (Å²) in [6.07, 6.45) is 3.73. The fourth-order valence-electron chi connectivity index (χ4n) is 3.69. The lowest BCUT2D eigenvalue weighted by atomic mass is 10.0. The second-order valence-electron chi connectivity index (χ2n) is 8.65. The quantitative estimate of drug-likeness (QED) is 0.520. The Morgan fingerprint density at radius 1 is 0.750 bits per heavy atom. The average Bonchev–Trinajstić information content (AvgIpc) is 3.70. The molecule has 0 heterocycles. The van der Waals surface area contributed by atoms with Gasteiger partial charge in [0.15, 0.2) is 0 Å². The molecule has 0 bridgehead atoms. The molecule has 32 heavy (non-hydrogen) atoms. The van der Waals surface area contributed by atoms with Crippen LogP contribution in [0.5, 0.6) is 0 Å². The van der Waals surface area contributed by atoms with E-state index in [4.69, 9.17) is 0 Å². The number of carbonyl (C=O) groups excluding carboxylic acids is 3. The van der Waals surface area contributed by atoms with Crippen LogP contribution in [0.2, 0.25) is 0 Å². The second kappa shape index (κ2) is 8.46. The van der Waals surface area contributed by atoms with Crippen molar-refractivity contribution in [2.24, 2.45) is 11.8 Å². The Morgan fingerprint density at radius 2 is 1.34 bits per heavy atom. The van der Waals surface area contributed by atoms with E-state index in [-0.39, 0.29) is 29.6 Å². The molecule has 6 heteroatoms. The Balaban J connectivity index is 1.29. The predicted molar refractivity (Wildman–Crippen MR) is 124 cm³/mol. The first-order valence-electron chi connectivity index (χ1n) is 11.1. The molecule has 2 aliphatic rings. The Labute approximate surface area is 186 Å². The van der Waals surface area contributed by atoms with Crippen LogP contribution >= 0.6 is 0 Å². The fourth-order valence-corrected chi connectivity index (χ4v) is 3.69. The van der Waals surface area contributed by atoms with E-state index in [0.29, 0.717) is 17.8 Å². The summed E-state index contributed by atoms with van der Waals surface area (Å²) in [5.41, 5.74) is 2.67. The van der Waals surface area contributed by atoms with Gasteiger partial charge in [0.1, 0.15) is 0 Å². The summed E-state index contributed by atoms with van der Waals surface area (Å²) in [4.78, 5) is 37.3. The number of anilines is 2. The van der Waals surface area contributed by atoms with Crippen LogP contribution in [0.3, 0.4) is 0 Å². The van der Waals surface area contributed by atoms with Crippen LogP contribution < -0.4 is 16.0 Å². The van der Waals surface area contributed by atoms with Crippen molar-refractivity contribution in [3.8, 4) is 0 Å². The molecule has 3 amide bonds. The van der Waals surface area contributed by atoms with E-state index in [1.165, 1.54) is 0 Å². The zero-order valence-corrected chi connectivity index (χ0v) is 17.7. The molecule has 2 aliphatic carbocycles. The highest BCUT2D eigenvalue weighted by molar-refractivity contribution is 6.08. The van der Waals surface area contributed by atoms with E-state index in [1.807, 2.05) is 60.7 Å². The third kappa shape index (κ3) is 4.64. The zero-order valence-electron chi connectivity index (χ0n) is 17.7. The number of rotatable bonds is 7. The monoisotopic (exact) mass is 427 g/mol. The molecule has 0 aromatic heterocycles.